The van der Waals surface area contributed by atoms with Crippen molar-refractivity contribution in [2.45, 2.75) is 45.3 Å². The summed E-state index contributed by atoms with van der Waals surface area (Å²) in [6, 6.07) is 6.23. The molecule has 37 heavy (non-hydrogen) atoms. The number of rotatable bonds is 8. The molecule has 0 aliphatic carbocycles. The predicted molar refractivity (Wildman–Crippen MR) is 131 cm³/mol. The standard InChI is InChI=1S/C27H28F3N3O4/c1-16(2)19-14-22(30)26(24-20(28)12-18(13-21(24)29)36-11-9-34)32-25(19)27(35)33(17-6-5-8-31-15-17)23-7-3-4-10-37-23/h5-6,8,12-16,23,34H,3-4,7,9-11H2,1-2H3. The zero-order valence-electron chi connectivity index (χ0n) is 20.6. The van der Waals surface area contributed by atoms with E-state index in [0.29, 0.717) is 24.3 Å². The van der Waals surface area contributed by atoms with Crippen molar-refractivity contribution in [3.63, 3.8) is 0 Å². The van der Waals surface area contributed by atoms with E-state index < -0.39 is 40.8 Å². The zero-order chi connectivity index (χ0) is 26.5. The van der Waals surface area contributed by atoms with Crippen LogP contribution in [0.25, 0.3) is 11.3 Å². The minimum absolute atomic E-state index is 0.135. The lowest BCUT2D eigenvalue weighted by Crippen LogP contribution is -2.44. The van der Waals surface area contributed by atoms with Gasteiger partial charge < -0.3 is 14.6 Å². The summed E-state index contributed by atoms with van der Waals surface area (Å²) < 4.78 is 56.2. The van der Waals surface area contributed by atoms with Crippen LogP contribution in [-0.2, 0) is 4.74 Å². The molecule has 1 unspecified atom stereocenters. The first-order valence-electron chi connectivity index (χ1n) is 12.1. The number of aliphatic hydroxyl groups excluding tert-OH is 1. The SMILES string of the molecule is CC(C)c1cc(F)c(-c2c(F)cc(OCCO)cc2F)nc1C(=O)N(c1cccnc1)C1CCCCO1. The van der Waals surface area contributed by atoms with Crippen molar-refractivity contribution < 1.29 is 32.5 Å². The predicted octanol–water partition coefficient (Wildman–Crippen LogP) is 5.23. The van der Waals surface area contributed by atoms with Crippen LogP contribution in [0.5, 0.6) is 5.75 Å². The topological polar surface area (TPSA) is 84.8 Å². The van der Waals surface area contributed by atoms with Crippen molar-refractivity contribution in [1.29, 1.82) is 0 Å². The highest BCUT2D eigenvalue weighted by Crippen LogP contribution is 2.34. The van der Waals surface area contributed by atoms with E-state index in [-0.39, 0.29) is 30.6 Å². The van der Waals surface area contributed by atoms with Gasteiger partial charge in [0.05, 0.1) is 24.1 Å². The number of aromatic nitrogens is 2. The quantitative estimate of drug-likeness (QED) is 0.442. The summed E-state index contributed by atoms with van der Waals surface area (Å²) in [4.78, 5) is 23.8. The van der Waals surface area contributed by atoms with Crippen LogP contribution in [0.1, 0.15) is 55.1 Å². The summed E-state index contributed by atoms with van der Waals surface area (Å²) in [5.74, 6) is -4.27. The Morgan fingerprint density at radius 2 is 1.95 bits per heavy atom. The van der Waals surface area contributed by atoms with Crippen molar-refractivity contribution in [3.05, 3.63) is 71.4 Å². The molecule has 3 heterocycles. The number of carbonyl (C=O) groups is 1. The van der Waals surface area contributed by atoms with Crippen molar-refractivity contribution >= 4 is 11.6 Å². The molecule has 0 saturated carbocycles. The van der Waals surface area contributed by atoms with Gasteiger partial charge in [0.1, 0.15) is 47.4 Å². The van der Waals surface area contributed by atoms with Gasteiger partial charge >= 0.3 is 0 Å². The molecule has 1 amide bonds. The highest BCUT2D eigenvalue weighted by Gasteiger charge is 2.33. The number of anilines is 1. The van der Waals surface area contributed by atoms with E-state index >= 15 is 4.39 Å². The summed E-state index contributed by atoms with van der Waals surface area (Å²) in [6.07, 6.45) is 4.76. The molecule has 0 bridgehead atoms. The van der Waals surface area contributed by atoms with Crippen LogP contribution in [0.4, 0.5) is 18.9 Å². The molecule has 1 saturated heterocycles. The van der Waals surface area contributed by atoms with Crippen LogP contribution in [0.3, 0.4) is 0 Å². The Kier molecular flexibility index (Phi) is 8.40. The maximum Gasteiger partial charge on any atom is 0.279 e. The molecule has 3 aromatic rings. The Bertz CT molecular complexity index is 1230. The number of amides is 1. The Labute approximate surface area is 212 Å². The van der Waals surface area contributed by atoms with Crippen LogP contribution in [0.15, 0.2) is 42.7 Å². The molecular formula is C27H28F3N3O4. The summed E-state index contributed by atoms with van der Waals surface area (Å²) in [5, 5.41) is 8.89. The molecule has 1 N–H and O–H groups in total. The minimum Gasteiger partial charge on any atom is -0.491 e. The third-order valence-electron chi connectivity index (χ3n) is 6.03. The number of carbonyl (C=O) groups excluding carboxylic acids is 1. The van der Waals surface area contributed by atoms with Crippen molar-refractivity contribution in [3.8, 4) is 17.0 Å². The fraction of sp³-hybridized carbons (Fsp3) is 0.370. The molecule has 2 aromatic heterocycles. The third kappa shape index (κ3) is 5.75. The molecule has 196 valence electrons. The molecule has 1 aliphatic rings. The van der Waals surface area contributed by atoms with Crippen LogP contribution in [-0.4, -0.2) is 47.0 Å². The molecule has 4 rings (SSSR count). The van der Waals surface area contributed by atoms with Gasteiger partial charge in [-0.2, -0.15) is 0 Å². The van der Waals surface area contributed by atoms with E-state index in [1.54, 1.807) is 32.2 Å². The van der Waals surface area contributed by atoms with Crippen molar-refractivity contribution in [1.82, 2.24) is 9.97 Å². The number of nitrogens with zero attached hydrogens (tertiary/aromatic N) is 3. The monoisotopic (exact) mass is 515 g/mol. The maximum absolute atomic E-state index is 15.3. The van der Waals surface area contributed by atoms with E-state index in [0.717, 1.165) is 31.0 Å². The second kappa shape index (κ2) is 11.7. The molecular weight excluding hydrogens is 487 g/mol. The second-order valence-corrected chi connectivity index (χ2v) is 8.95. The third-order valence-corrected chi connectivity index (χ3v) is 6.03. The Morgan fingerprint density at radius 3 is 2.54 bits per heavy atom. The maximum atomic E-state index is 15.3. The molecule has 10 heteroatoms. The van der Waals surface area contributed by atoms with Crippen LogP contribution < -0.4 is 9.64 Å². The fourth-order valence-electron chi connectivity index (χ4n) is 4.26. The van der Waals surface area contributed by atoms with E-state index in [1.165, 1.54) is 11.1 Å². The Morgan fingerprint density at radius 1 is 1.19 bits per heavy atom. The van der Waals surface area contributed by atoms with Crippen LogP contribution in [0.2, 0.25) is 0 Å². The van der Waals surface area contributed by atoms with Gasteiger partial charge in [-0.3, -0.25) is 14.7 Å². The van der Waals surface area contributed by atoms with Gasteiger partial charge in [-0.15, -0.1) is 0 Å². The first kappa shape index (κ1) is 26.6. The van der Waals surface area contributed by atoms with Gasteiger partial charge in [0, 0.05) is 24.9 Å². The lowest BCUT2D eigenvalue weighted by atomic mass is 9.97. The van der Waals surface area contributed by atoms with E-state index in [9.17, 15) is 13.6 Å². The second-order valence-electron chi connectivity index (χ2n) is 8.95. The average molecular weight is 516 g/mol. The molecule has 7 nitrogen and oxygen atoms in total. The molecule has 0 spiro atoms. The zero-order valence-corrected chi connectivity index (χ0v) is 20.6. The Balaban J connectivity index is 1.84. The van der Waals surface area contributed by atoms with Crippen LogP contribution in [0, 0.1) is 17.5 Å². The molecule has 1 aromatic carbocycles. The van der Waals surface area contributed by atoms with E-state index in [1.807, 2.05) is 0 Å². The summed E-state index contributed by atoms with van der Waals surface area (Å²) in [5.41, 5.74) is -0.736. The largest absolute Gasteiger partial charge is 0.491 e. The normalized spacial score (nSPS) is 15.6. The lowest BCUT2D eigenvalue weighted by Gasteiger charge is -2.34. The summed E-state index contributed by atoms with van der Waals surface area (Å²) in [6.45, 7) is 3.50. The number of aliphatic hydroxyl groups is 1. The van der Waals surface area contributed by atoms with E-state index in [2.05, 4.69) is 9.97 Å². The molecule has 0 radical (unpaired) electrons. The minimum atomic E-state index is -1.12. The summed E-state index contributed by atoms with van der Waals surface area (Å²) in [7, 11) is 0. The Hall–Kier alpha value is -3.50. The molecule has 1 atom stereocenters. The van der Waals surface area contributed by atoms with Crippen LogP contribution >= 0.6 is 0 Å². The first-order chi connectivity index (χ1) is 17.8. The number of pyridine rings is 2. The number of benzene rings is 1. The van der Waals surface area contributed by atoms with Gasteiger partial charge in [-0.25, -0.2) is 18.2 Å². The average Bonchev–Trinajstić information content (AvgIpc) is 2.89. The van der Waals surface area contributed by atoms with Crippen molar-refractivity contribution in [2.24, 2.45) is 0 Å². The number of hydrogen-bond acceptors (Lipinski definition) is 6. The highest BCUT2D eigenvalue weighted by molar-refractivity contribution is 6.06. The van der Waals surface area contributed by atoms with Gasteiger partial charge in [0.25, 0.3) is 5.91 Å². The highest BCUT2D eigenvalue weighted by atomic mass is 19.1. The van der Waals surface area contributed by atoms with Gasteiger partial charge in [-0.05, 0) is 48.9 Å². The number of hydrogen-bond donors (Lipinski definition) is 1. The fourth-order valence-corrected chi connectivity index (χ4v) is 4.26. The lowest BCUT2D eigenvalue weighted by molar-refractivity contribution is 0.0143. The smallest absolute Gasteiger partial charge is 0.279 e. The van der Waals surface area contributed by atoms with E-state index in [4.69, 9.17) is 14.6 Å². The van der Waals surface area contributed by atoms with Gasteiger partial charge in [0.15, 0.2) is 0 Å². The van der Waals surface area contributed by atoms with Crippen molar-refractivity contribution in [2.75, 3.05) is 24.7 Å². The summed E-state index contributed by atoms with van der Waals surface area (Å²) >= 11 is 0. The van der Waals surface area contributed by atoms with Gasteiger partial charge in [0.2, 0.25) is 0 Å². The first-order valence-corrected chi connectivity index (χ1v) is 12.1. The number of halogens is 3. The van der Waals surface area contributed by atoms with Gasteiger partial charge in [-0.1, -0.05) is 13.8 Å². The molecule has 1 aliphatic heterocycles. The number of ether oxygens (including phenoxy) is 2. The molecule has 1 fully saturated rings.